The molecule has 0 aromatic heterocycles. The molecular weight excluding hydrogens is 343 g/mol. The standard InChI is InChI=1S/C22H37FO2Si/c1-21(25-26(3,4)5)10-8-15-14(13-21)6-7-17-16(15)9-11-22(2)18(17)12-19(23)20(22)24/h14-19H,6-13H2,1-5H3/t14-,15+,16-,17-,18+,19-,21-,22+/m1/s1. The Morgan fingerprint density at radius 3 is 2.38 bits per heavy atom. The molecular formula is C22H37FO2Si. The second-order valence-electron chi connectivity index (χ2n) is 11.4. The van der Waals surface area contributed by atoms with Gasteiger partial charge in [0.05, 0.1) is 5.60 Å². The molecule has 0 unspecified atom stereocenters. The zero-order valence-electron chi connectivity index (χ0n) is 17.3. The van der Waals surface area contributed by atoms with E-state index in [2.05, 4.69) is 33.5 Å². The zero-order valence-corrected chi connectivity index (χ0v) is 18.3. The predicted molar refractivity (Wildman–Crippen MR) is 105 cm³/mol. The summed E-state index contributed by atoms with van der Waals surface area (Å²) in [5.74, 6) is 3.08. The average Bonchev–Trinajstić information content (AvgIpc) is 2.76. The highest BCUT2D eigenvalue weighted by atomic mass is 28.4. The Hall–Kier alpha value is -0.223. The Kier molecular flexibility index (Phi) is 4.51. The van der Waals surface area contributed by atoms with Crippen LogP contribution in [-0.4, -0.2) is 25.9 Å². The van der Waals surface area contributed by atoms with Gasteiger partial charge in [-0.05, 0) is 108 Å². The molecule has 26 heavy (non-hydrogen) atoms. The average molecular weight is 381 g/mol. The lowest BCUT2D eigenvalue weighted by molar-refractivity contribution is -0.136. The smallest absolute Gasteiger partial charge is 0.184 e. The largest absolute Gasteiger partial charge is 0.412 e. The van der Waals surface area contributed by atoms with Crippen molar-refractivity contribution in [3.8, 4) is 0 Å². The molecule has 0 amide bonds. The van der Waals surface area contributed by atoms with E-state index in [9.17, 15) is 9.18 Å². The summed E-state index contributed by atoms with van der Waals surface area (Å²) in [6.07, 6.45) is 7.48. The van der Waals surface area contributed by atoms with Gasteiger partial charge in [-0.2, -0.15) is 0 Å². The number of carbonyl (C=O) groups is 1. The van der Waals surface area contributed by atoms with Gasteiger partial charge in [-0.3, -0.25) is 4.79 Å². The van der Waals surface area contributed by atoms with Crippen molar-refractivity contribution >= 4 is 14.1 Å². The van der Waals surface area contributed by atoms with Crippen LogP contribution in [0.1, 0.15) is 65.2 Å². The van der Waals surface area contributed by atoms with E-state index in [1.165, 1.54) is 32.1 Å². The number of hydrogen-bond acceptors (Lipinski definition) is 2. The van der Waals surface area contributed by atoms with Gasteiger partial charge in [-0.1, -0.05) is 6.92 Å². The van der Waals surface area contributed by atoms with Crippen LogP contribution in [0.4, 0.5) is 4.39 Å². The third kappa shape index (κ3) is 3.03. The summed E-state index contributed by atoms with van der Waals surface area (Å²) in [6.45, 7) is 11.3. The van der Waals surface area contributed by atoms with E-state index in [1.54, 1.807) is 0 Å². The minimum absolute atomic E-state index is 0.0645. The zero-order chi connectivity index (χ0) is 18.9. The monoisotopic (exact) mass is 380 g/mol. The number of halogens is 1. The number of fused-ring (bicyclic) bond motifs is 5. The summed E-state index contributed by atoms with van der Waals surface area (Å²) in [5, 5.41) is 0. The molecule has 4 rings (SSSR count). The first-order valence-corrected chi connectivity index (χ1v) is 14.3. The molecule has 4 heteroatoms. The summed E-state index contributed by atoms with van der Waals surface area (Å²) in [7, 11) is -1.53. The quantitative estimate of drug-likeness (QED) is 0.569. The molecule has 4 aliphatic rings. The van der Waals surface area contributed by atoms with Crippen LogP contribution in [-0.2, 0) is 9.22 Å². The van der Waals surface area contributed by atoms with E-state index in [0.717, 1.165) is 30.6 Å². The summed E-state index contributed by atoms with van der Waals surface area (Å²) in [4.78, 5) is 12.4. The lowest BCUT2D eigenvalue weighted by atomic mass is 9.50. The number of Topliss-reactive ketones (excluding diaryl/α,β-unsaturated/α-hetero) is 1. The summed E-state index contributed by atoms with van der Waals surface area (Å²) in [6, 6.07) is 0. The normalized spacial score (nSPS) is 51.5. The molecule has 4 aliphatic carbocycles. The van der Waals surface area contributed by atoms with Crippen molar-refractivity contribution in [2.75, 3.05) is 0 Å². The molecule has 0 radical (unpaired) electrons. The first-order valence-electron chi connectivity index (χ1n) is 10.9. The Labute approximate surface area is 159 Å². The van der Waals surface area contributed by atoms with Crippen molar-refractivity contribution in [3.63, 3.8) is 0 Å². The van der Waals surface area contributed by atoms with Gasteiger partial charge in [-0.15, -0.1) is 0 Å². The Balaban J connectivity index is 1.50. The van der Waals surface area contributed by atoms with Crippen LogP contribution in [0.25, 0.3) is 0 Å². The highest BCUT2D eigenvalue weighted by Gasteiger charge is 2.60. The Bertz CT molecular complexity index is 587. The second-order valence-corrected chi connectivity index (χ2v) is 15.8. The van der Waals surface area contributed by atoms with Crippen LogP contribution in [0.2, 0.25) is 19.6 Å². The van der Waals surface area contributed by atoms with Gasteiger partial charge in [0.1, 0.15) is 0 Å². The molecule has 0 bridgehead atoms. The Morgan fingerprint density at radius 1 is 1.00 bits per heavy atom. The van der Waals surface area contributed by atoms with Gasteiger partial charge in [-0.25, -0.2) is 4.39 Å². The maximum Gasteiger partial charge on any atom is 0.184 e. The molecule has 0 N–H and O–H groups in total. The van der Waals surface area contributed by atoms with Crippen molar-refractivity contribution in [2.45, 2.75) is 96.6 Å². The third-order valence-electron chi connectivity index (χ3n) is 8.47. The molecule has 0 aliphatic heterocycles. The van der Waals surface area contributed by atoms with Crippen molar-refractivity contribution in [2.24, 2.45) is 35.0 Å². The van der Waals surface area contributed by atoms with Crippen LogP contribution in [0.15, 0.2) is 0 Å². The number of alkyl halides is 1. The van der Waals surface area contributed by atoms with Crippen molar-refractivity contribution in [3.05, 3.63) is 0 Å². The minimum atomic E-state index is -1.53. The maximum absolute atomic E-state index is 14.3. The third-order valence-corrected chi connectivity index (χ3v) is 9.57. The lowest BCUT2D eigenvalue weighted by Gasteiger charge is -2.56. The van der Waals surface area contributed by atoms with Gasteiger partial charge in [0, 0.05) is 5.41 Å². The highest BCUT2D eigenvalue weighted by Crippen LogP contribution is 2.62. The van der Waals surface area contributed by atoms with E-state index in [1.807, 2.05) is 0 Å². The van der Waals surface area contributed by atoms with Gasteiger partial charge in [0.15, 0.2) is 20.3 Å². The topological polar surface area (TPSA) is 26.3 Å². The van der Waals surface area contributed by atoms with E-state index < -0.39 is 14.5 Å². The molecule has 8 atom stereocenters. The summed E-state index contributed by atoms with van der Waals surface area (Å²) in [5.41, 5.74) is -0.299. The van der Waals surface area contributed by atoms with Gasteiger partial charge < -0.3 is 4.43 Å². The van der Waals surface area contributed by atoms with Gasteiger partial charge >= 0.3 is 0 Å². The maximum atomic E-state index is 14.3. The SMILES string of the molecule is C[C@@]1(O[Si](C)(C)C)CC[C@H]2[C@H](CC[C@@H]3[C@@H]2CC[C@]2(C)C(=O)[C@H](F)C[C@@H]32)C1. The van der Waals surface area contributed by atoms with E-state index in [0.29, 0.717) is 18.3 Å². The van der Waals surface area contributed by atoms with Crippen molar-refractivity contribution in [1.29, 1.82) is 0 Å². The molecule has 4 saturated carbocycles. The van der Waals surface area contributed by atoms with Crippen LogP contribution in [0.5, 0.6) is 0 Å². The molecule has 4 fully saturated rings. The predicted octanol–water partition coefficient (Wildman–Crippen LogP) is 5.77. The summed E-state index contributed by atoms with van der Waals surface area (Å²) < 4.78 is 20.9. The van der Waals surface area contributed by atoms with E-state index >= 15 is 0 Å². The minimum Gasteiger partial charge on any atom is -0.412 e. The number of carbonyl (C=O) groups excluding carboxylic acids is 1. The fraction of sp³-hybridized carbons (Fsp3) is 0.955. The summed E-state index contributed by atoms with van der Waals surface area (Å²) >= 11 is 0. The van der Waals surface area contributed by atoms with Crippen LogP contribution < -0.4 is 0 Å². The molecule has 0 spiro atoms. The van der Waals surface area contributed by atoms with Crippen molar-refractivity contribution in [1.82, 2.24) is 0 Å². The van der Waals surface area contributed by atoms with E-state index in [4.69, 9.17) is 4.43 Å². The van der Waals surface area contributed by atoms with E-state index in [-0.39, 0.29) is 16.8 Å². The molecule has 0 aromatic carbocycles. The number of hydrogen-bond donors (Lipinski definition) is 0. The van der Waals surface area contributed by atoms with Crippen molar-refractivity contribution < 1.29 is 13.6 Å². The molecule has 148 valence electrons. The van der Waals surface area contributed by atoms with Crippen LogP contribution in [0, 0.1) is 35.0 Å². The first kappa shape index (κ1) is 19.1. The number of rotatable bonds is 2. The lowest BCUT2D eigenvalue weighted by Crippen LogP contribution is -2.52. The highest BCUT2D eigenvalue weighted by molar-refractivity contribution is 6.69. The molecule has 0 aromatic rings. The molecule has 0 saturated heterocycles. The Morgan fingerprint density at radius 2 is 1.69 bits per heavy atom. The number of ketones is 1. The van der Waals surface area contributed by atoms with Gasteiger partial charge in [0.25, 0.3) is 0 Å². The first-order chi connectivity index (χ1) is 12.0. The molecule has 0 heterocycles. The second kappa shape index (κ2) is 6.14. The van der Waals surface area contributed by atoms with Gasteiger partial charge in [0.2, 0.25) is 0 Å². The van der Waals surface area contributed by atoms with Crippen LogP contribution in [0.3, 0.4) is 0 Å². The van der Waals surface area contributed by atoms with Crippen LogP contribution >= 0.6 is 0 Å². The fourth-order valence-corrected chi connectivity index (χ4v) is 9.31. The molecule has 2 nitrogen and oxygen atoms in total. The fourth-order valence-electron chi connectivity index (χ4n) is 7.65.